The van der Waals surface area contributed by atoms with Crippen molar-refractivity contribution in [2.75, 3.05) is 11.5 Å². The van der Waals surface area contributed by atoms with Gasteiger partial charge in [-0.25, -0.2) is 13.9 Å². The van der Waals surface area contributed by atoms with Crippen molar-refractivity contribution in [2.24, 2.45) is 0 Å². The minimum absolute atomic E-state index is 0. The van der Waals surface area contributed by atoms with Gasteiger partial charge in [0.1, 0.15) is 0 Å². The Balaban J connectivity index is 0.00000120. The minimum Gasteiger partial charge on any atom is -0.412 e. The van der Waals surface area contributed by atoms with Crippen LogP contribution in [0.1, 0.15) is 0 Å². The smallest absolute Gasteiger partial charge is 0.198 e. The number of aromatic nitrogens is 6. The summed E-state index contributed by atoms with van der Waals surface area (Å²) in [5.41, 5.74) is 11.8. The van der Waals surface area contributed by atoms with Crippen LogP contribution in [0, 0.1) is 0 Å². The summed E-state index contributed by atoms with van der Waals surface area (Å²) in [6, 6.07) is 0. The topological polar surface area (TPSA) is 200 Å². The number of nitrogen functional groups attached to an aromatic ring is 2. The molecule has 0 spiro atoms. The Hall–Kier alpha value is -3.02. The first-order chi connectivity index (χ1) is 8.27. The van der Waals surface area contributed by atoms with Gasteiger partial charge in [-0.3, -0.25) is 0 Å². The monoisotopic (exact) mass is 254 g/mol. The van der Waals surface area contributed by atoms with Gasteiger partial charge in [0.25, 0.3) is 0 Å². The highest BCUT2D eigenvalue weighted by Crippen LogP contribution is 2.31. The second-order valence-corrected chi connectivity index (χ2v) is 2.96. The average Bonchev–Trinajstić information content (AvgIpc) is 2.97. The first-order valence-electron chi connectivity index (χ1n) is 4.26. The van der Waals surface area contributed by atoms with Gasteiger partial charge in [0, 0.05) is 0 Å². The maximum atomic E-state index is 5.52. The van der Waals surface area contributed by atoms with Crippen molar-refractivity contribution in [3.8, 4) is 22.8 Å². The molecule has 12 heteroatoms. The summed E-state index contributed by atoms with van der Waals surface area (Å²) >= 11 is 0. The van der Waals surface area contributed by atoms with E-state index in [-0.39, 0.29) is 39.9 Å². The van der Waals surface area contributed by atoms with E-state index in [0.717, 1.165) is 0 Å². The van der Waals surface area contributed by atoms with Gasteiger partial charge in [0.15, 0.2) is 34.4 Å². The fourth-order valence-corrected chi connectivity index (χ4v) is 1.22. The van der Waals surface area contributed by atoms with Gasteiger partial charge in [-0.15, -0.1) is 0 Å². The molecule has 0 aromatic carbocycles. The van der Waals surface area contributed by atoms with E-state index < -0.39 is 0 Å². The molecule has 3 aromatic heterocycles. The van der Waals surface area contributed by atoms with Gasteiger partial charge in [-0.2, -0.15) is 0 Å². The van der Waals surface area contributed by atoms with E-state index in [4.69, 9.17) is 11.5 Å². The summed E-state index contributed by atoms with van der Waals surface area (Å²) in [6.07, 6.45) is 0. The molecule has 0 aliphatic carbocycles. The SMILES string of the molecule is Nc1nonc1-c1nonc1-c1nonc1N.O. The zero-order valence-electron chi connectivity index (χ0n) is 8.56. The fraction of sp³-hybridized carbons (Fsp3) is 0. The van der Waals surface area contributed by atoms with E-state index in [1.807, 2.05) is 0 Å². The third kappa shape index (κ3) is 1.52. The van der Waals surface area contributed by atoms with Crippen LogP contribution in [0.15, 0.2) is 13.9 Å². The Labute approximate surface area is 97.1 Å². The molecule has 12 nitrogen and oxygen atoms in total. The lowest BCUT2D eigenvalue weighted by molar-refractivity contribution is 0.302. The first kappa shape index (κ1) is 11.5. The largest absolute Gasteiger partial charge is 0.412 e. The number of nitrogens with two attached hydrogens (primary N) is 2. The van der Waals surface area contributed by atoms with Gasteiger partial charge >= 0.3 is 0 Å². The van der Waals surface area contributed by atoms with E-state index in [1.54, 1.807) is 0 Å². The van der Waals surface area contributed by atoms with Crippen LogP contribution in [-0.2, 0) is 0 Å². The highest BCUT2D eigenvalue weighted by Gasteiger charge is 2.25. The van der Waals surface area contributed by atoms with Crippen molar-refractivity contribution in [1.82, 2.24) is 30.9 Å². The molecule has 0 aliphatic rings. The molecule has 6 N–H and O–H groups in total. The van der Waals surface area contributed by atoms with Gasteiger partial charge in [-0.1, -0.05) is 0 Å². The Morgan fingerprint density at radius 1 is 0.556 bits per heavy atom. The van der Waals surface area contributed by atoms with Crippen molar-refractivity contribution in [1.29, 1.82) is 0 Å². The number of rotatable bonds is 2. The highest BCUT2D eigenvalue weighted by molar-refractivity contribution is 5.81. The van der Waals surface area contributed by atoms with Crippen LogP contribution in [0.4, 0.5) is 11.6 Å². The van der Waals surface area contributed by atoms with Gasteiger partial charge in [0.2, 0.25) is 0 Å². The number of hydrogen-bond donors (Lipinski definition) is 2. The summed E-state index contributed by atoms with van der Waals surface area (Å²) in [5.74, 6) is 0.0777. The summed E-state index contributed by atoms with van der Waals surface area (Å²) in [4.78, 5) is 0. The third-order valence-electron chi connectivity index (χ3n) is 1.96. The van der Waals surface area contributed by atoms with Crippen molar-refractivity contribution in [2.45, 2.75) is 0 Å². The molecule has 3 rings (SSSR count). The fourth-order valence-electron chi connectivity index (χ4n) is 1.22. The molecule has 0 unspecified atom stereocenters. The number of anilines is 2. The molecule has 0 saturated carbocycles. The van der Waals surface area contributed by atoms with E-state index in [2.05, 4.69) is 44.8 Å². The molecule has 3 heterocycles. The molecule has 18 heavy (non-hydrogen) atoms. The molecule has 0 saturated heterocycles. The Morgan fingerprint density at radius 2 is 0.889 bits per heavy atom. The molecule has 3 aromatic rings. The number of hydrogen-bond acceptors (Lipinski definition) is 11. The van der Waals surface area contributed by atoms with Crippen LogP contribution in [-0.4, -0.2) is 36.4 Å². The van der Waals surface area contributed by atoms with E-state index in [0.29, 0.717) is 0 Å². The molecule has 0 atom stereocenters. The molecular formula is C6H6N8O4. The predicted molar refractivity (Wildman–Crippen MR) is 53.3 cm³/mol. The lowest BCUT2D eigenvalue weighted by Gasteiger charge is -1.90. The normalized spacial score (nSPS) is 10.2. The molecule has 0 bridgehead atoms. The van der Waals surface area contributed by atoms with Crippen molar-refractivity contribution >= 4 is 11.6 Å². The average molecular weight is 254 g/mol. The second kappa shape index (κ2) is 4.10. The summed E-state index contributed by atoms with van der Waals surface area (Å²) in [6.45, 7) is 0. The standard InChI is InChI=1S/C6H4N8O3.H2O/c7-5-3(11-16-13-5)1-2(10-15-9-1)4-6(8)14-17-12-4;/h(H2,7,13)(H2,8,14);1H2. The predicted octanol–water partition coefficient (Wildman–Crippen LogP) is -1.49. The molecule has 0 aliphatic heterocycles. The third-order valence-corrected chi connectivity index (χ3v) is 1.96. The Kier molecular flexibility index (Phi) is 2.61. The van der Waals surface area contributed by atoms with Crippen LogP contribution in [0.5, 0.6) is 0 Å². The highest BCUT2D eigenvalue weighted by atomic mass is 16.6. The lowest BCUT2D eigenvalue weighted by atomic mass is 10.2. The Bertz CT molecular complexity index is 601. The lowest BCUT2D eigenvalue weighted by Crippen LogP contribution is -1.93. The molecule has 94 valence electrons. The van der Waals surface area contributed by atoms with Crippen molar-refractivity contribution in [3.63, 3.8) is 0 Å². The number of nitrogens with zero attached hydrogens (tertiary/aromatic N) is 6. The summed E-state index contributed by atoms with van der Waals surface area (Å²) in [5, 5.41) is 21.2. The van der Waals surface area contributed by atoms with E-state index in [1.165, 1.54) is 0 Å². The van der Waals surface area contributed by atoms with E-state index in [9.17, 15) is 0 Å². The van der Waals surface area contributed by atoms with Crippen molar-refractivity contribution in [3.05, 3.63) is 0 Å². The van der Waals surface area contributed by atoms with Crippen LogP contribution < -0.4 is 11.5 Å². The molecule has 0 fully saturated rings. The minimum atomic E-state index is 0. The Morgan fingerprint density at radius 3 is 1.22 bits per heavy atom. The second-order valence-electron chi connectivity index (χ2n) is 2.96. The van der Waals surface area contributed by atoms with Crippen LogP contribution in [0.3, 0.4) is 0 Å². The van der Waals surface area contributed by atoms with Crippen molar-refractivity contribution < 1.29 is 19.4 Å². The molecule has 0 radical (unpaired) electrons. The van der Waals surface area contributed by atoms with Gasteiger partial charge < -0.3 is 16.9 Å². The van der Waals surface area contributed by atoms with Crippen LogP contribution >= 0.6 is 0 Å². The maximum Gasteiger partial charge on any atom is 0.198 e. The van der Waals surface area contributed by atoms with Gasteiger partial charge in [0.05, 0.1) is 0 Å². The van der Waals surface area contributed by atoms with Gasteiger partial charge in [-0.05, 0) is 30.9 Å². The summed E-state index contributed by atoms with van der Waals surface area (Å²) < 4.78 is 13.5. The zero-order chi connectivity index (χ0) is 11.8. The van der Waals surface area contributed by atoms with Crippen LogP contribution in [0.2, 0.25) is 0 Å². The summed E-state index contributed by atoms with van der Waals surface area (Å²) in [7, 11) is 0. The van der Waals surface area contributed by atoms with E-state index >= 15 is 0 Å². The first-order valence-corrected chi connectivity index (χ1v) is 4.26. The zero-order valence-corrected chi connectivity index (χ0v) is 8.56. The maximum absolute atomic E-state index is 5.52. The molecule has 0 amide bonds. The molecular weight excluding hydrogens is 248 g/mol. The quantitative estimate of drug-likeness (QED) is 0.539. The van der Waals surface area contributed by atoms with Crippen LogP contribution in [0.25, 0.3) is 22.8 Å².